The van der Waals surface area contributed by atoms with Crippen molar-refractivity contribution in [2.45, 2.75) is 26.6 Å². The van der Waals surface area contributed by atoms with Crippen molar-refractivity contribution in [2.24, 2.45) is 0 Å². The van der Waals surface area contributed by atoms with Crippen molar-refractivity contribution >= 4 is 33.6 Å². The van der Waals surface area contributed by atoms with Crippen LogP contribution in [-0.4, -0.2) is 17.7 Å². The molecule has 112 valence electrons. The second-order valence-corrected chi connectivity index (χ2v) is 5.82. The minimum absolute atomic E-state index is 0.290. The molecule has 0 saturated carbocycles. The molecule has 0 aromatic heterocycles. The maximum atomic E-state index is 13.5. The first-order chi connectivity index (χ1) is 9.69. The summed E-state index contributed by atoms with van der Waals surface area (Å²) in [5.74, 6) is -3.30. The number of hydrogen-bond acceptors (Lipinski definition) is 5. The van der Waals surface area contributed by atoms with Gasteiger partial charge in [0, 0.05) is 24.5 Å². The fraction of sp³-hybridized carbons (Fsp3) is 0.286. The van der Waals surface area contributed by atoms with Crippen molar-refractivity contribution in [3.63, 3.8) is 0 Å². The Hall–Kier alpha value is -1.89. The quantitative estimate of drug-likeness (QED) is 0.500. The lowest BCUT2D eigenvalue weighted by Gasteiger charge is -2.29. The van der Waals surface area contributed by atoms with Crippen molar-refractivity contribution < 1.29 is 23.5 Å². The Morgan fingerprint density at radius 1 is 1.24 bits per heavy atom. The molecule has 1 fully saturated rings. The van der Waals surface area contributed by atoms with Crippen LogP contribution < -0.4 is 5.32 Å². The van der Waals surface area contributed by atoms with Crippen LogP contribution in [0.3, 0.4) is 0 Å². The van der Waals surface area contributed by atoms with E-state index in [-0.39, 0.29) is 5.57 Å². The van der Waals surface area contributed by atoms with E-state index >= 15 is 0 Å². The van der Waals surface area contributed by atoms with E-state index in [1.807, 2.05) is 0 Å². The molecular weight excluding hydrogens is 345 g/mol. The first kappa shape index (κ1) is 15.5. The second kappa shape index (κ2) is 5.48. The standard InChI is InChI=1S/C14H13BrFNO4/c1-7-4-9(15)11(5-10(7)16)17-6-8-12(18)20-14(2,3)21-13(8)19/h4-6,17H,1-3H3. The van der Waals surface area contributed by atoms with Crippen LogP contribution in [-0.2, 0) is 19.1 Å². The zero-order valence-electron chi connectivity index (χ0n) is 11.6. The summed E-state index contributed by atoms with van der Waals surface area (Å²) in [4.78, 5) is 23.5. The highest BCUT2D eigenvalue weighted by molar-refractivity contribution is 9.10. The van der Waals surface area contributed by atoms with Crippen molar-refractivity contribution in [3.05, 3.63) is 39.8 Å². The molecule has 0 unspecified atom stereocenters. The number of halogens is 2. The Labute approximate surface area is 129 Å². The van der Waals surface area contributed by atoms with Crippen molar-refractivity contribution in [2.75, 3.05) is 5.32 Å². The maximum absolute atomic E-state index is 13.5. The van der Waals surface area contributed by atoms with E-state index in [4.69, 9.17) is 9.47 Å². The summed E-state index contributed by atoms with van der Waals surface area (Å²) in [6.07, 6.45) is 1.13. The van der Waals surface area contributed by atoms with Crippen LogP contribution in [0.25, 0.3) is 0 Å². The topological polar surface area (TPSA) is 64.6 Å². The summed E-state index contributed by atoms with van der Waals surface area (Å²) >= 11 is 3.26. The lowest BCUT2D eigenvalue weighted by Crippen LogP contribution is -2.42. The Balaban J connectivity index is 2.24. The van der Waals surface area contributed by atoms with Crippen LogP contribution in [0, 0.1) is 12.7 Å². The average Bonchev–Trinajstić information content (AvgIpc) is 2.32. The lowest BCUT2D eigenvalue weighted by atomic mass is 10.2. The number of nitrogens with one attached hydrogen (secondary N) is 1. The fourth-order valence-electron chi connectivity index (χ4n) is 1.69. The first-order valence-electron chi connectivity index (χ1n) is 6.08. The molecular formula is C14H13BrFNO4. The molecule has 1 aromatic rings. The number of hydrogen-bond donors (Lipinski definition) is 1. The number of carbonyl (C=O) groups excluding carboxylic acids is 2. The third-order valence-corrected chi connectivity index (χ3v) is 3.39. The highest BCUT2D eigenvalue weighted by atomic mass is 79.9. The number of ether oxygens (including phenoxy) is 2. The molecule has 2 rings (SSSR count). The predicted molar refractivity (Wildman–Crippen MR) is 76.8 cm³/mol. The number of benzene rings is 1. The van der Waals surface area contributed by atoms with Gasteiger partial charge in [0.1, 0.15) is 5.82 Å². The van der Waals surface area contributed by atoms with Crippen molar-refractivity contribution in [3.8, 4) is 0 Å². The molecule has 1 aliphatic rings. The minimum atomic E-state index is -1.29. The Bertz CT molecular complexity index is 633. The monoisotopic (exact) mass is 357 g/mol. The largest absolute Gasteiger partial charge is 0.419 e. The molecule has 0 radical (unpaired) electrons. The average molecular weight is 358 g/mol. The first-order valence-corrected chi connectivity index (χ1v) is 6.88. The van der Waals surface area contributed by atoms with E-state index in [0.717, 1.165) is 6.20 Å². The summed E-state index contributed by atoms with van der Waals surface area (Å²) in [5, 5.41) is 2.69. The van der Waals surface area contributed by atoms with Crippen molar-refractivity contribution in [1.82, 2.24) is 0 Å². The van der Waals surface area contributed by atoms with Crippen LogP contribution >= 0.6 is 15.9 Å². The molecule has 0 atom stereocenters. The summed E-state index contributed by atoms with van der Waals surface area (Å²) in [5.41, 5.74) is 0.552. The van der Waals surface area contributed by atoms with Gasteiger partial charge < -0.3 is 14.8 Å². The van der Waals surface area contributed by atoms with Gasteiger partial charge >= 0.3 is 11.9 Å². The molecule has 1 aliphatic heterocycles. The summed E-state index contributed by atoms with van der Waals surface area (Å²) < 4.78 is 24.0. The highest BCUT2D eigenvalue weighted by Gasteiger charge is 2.38. The summed E-state index contributed by atoms with van der Waals surface area (Å²) in [7, 11) is 0. The van der Waals surface area contributed by atoms with E-state index in [0.29, 0.717) is 15.7 Å². The van der Waals surface area contributed by atoms with E-state index in [9.17, 15) is 14.0 Å². The number of anilines is 1. The minimum Gasteiger partial charge on any atom is -0.419 e. The number of rotatable bonds is 2. The Kier molecular flexibility index (Phi) is 4.04. The normalized spacial score (nSPS) is 17.1. The summed E-state index contributed by atoms with van der Waals surface area (Å²) in [6, 6.07) is 2.83. The molecule has 0 amide bonds. The SMILES string of the molecule is Cc1cc(Br)c(NC=C2C(=O)OC(C)(C)OC2=O)cc1F. The van der Waals surface area contributed by atoms with Gasteiger partial charge in [-0.1, -0.05) is 0 Å². The third-order valence-electron chi connectivity index (χ3n) is 2.74. The molecule has 1 saturated heterocycles. The molecule has 21 heavy (non-hydrogen) atoms. The molecule has 7 heteroatoms. The van der Waals surface area contributed by atoms with Gasteiger partial charge in [-0.05, 0) is 40.5 Å². The smallest absolute Gasteiger partial charge is 0.350 e. The maximum Gasteiger partial charge on any atom is 0.350 e. The molecule has 1 heterocycles. The molecule has 0 aliphatic carbocycles. The van der Waals surface area contributed by atoms with Crippen LogP contribution in [0.4, 0.5) is 10.1 Å². The van der Waals surface area contributed by atoms with E-state index < -0.39 is 23.5 Å². The van der Waals surface area contributed by atoms with Crippen molar-refractivity contribution in [1.29, 1.82) is 0 Å². The van der Waals surface area contributed by atoms with Gasteiger partial charge in [-0.2, -0.15) is 0 Å². The second-order valence-electron chi connectivity index (χ2n) is 4.96. The van der Waals surface area contributed by atoms with E-state index in [1.54, 1.807) is 13.0 Å². The van der Waals surface area contributed by atoms with Gasteiger partial charge in [0.2, 0.25) is 0 Å². The van der Waals surface area contributed by atoms with Gasteiger partial charge in [0.25, 0.3) is 5.79 Å². The number of aryl methyl sites for hydroxylation is 1. The van der Waals surface area contributed by atoms with Crippen LogP contribution in [0.1, 0.15) is 19.4 Å². The van der Waals surface area contributed by atoms with Gasteiger partial charge in [0.05, 0.1) is 5.69 Å². The van der Waals surface area contributed by atoms with Crippen LogP contribution in [0.5, 0.6) is 0 Å². The van der Waals surface area contributed by atoms with E-state index in [1.165, 1.54) is 19.9 Å². The van der Waals surface area contributed by atoms with Gasteiger partial charge in [0.15, 0.2) is 5.57 Å². The van der Waals surface area contributed by atoms with Gasteiger partial charge in [-0.15, -0.1) is 0 Å². The molecule has 1 N–H and O–H groups in total. The fourth-order valence-corrected chi connectivity index (χ4v) is 2.26. The summed E-state index contributed by atoms with van der Waals surface area (Å²) in [6.45, 7) is 4.54. The Morgan fingerprint density at radius 2 is 1.81 bits per heavy atom. The van der Waals surface area contributed by atoms with Crippen LogP contribution in [0.15, 0.2) is 28.4 Å². The lowest BCUT2D eigenvalue weighted by molar-refractivity contribution is -0.222. The highest BCUT2D eigenvalue weighted by Crippen LogP contribution is 2.27. The van der Waals surface area contributed by atoms with Crippen LogP contribution in [0.2, 0.25) is 0 Å². The third kappa shape index (κ3) is 3.41. The molecule has 0 bridgehead atoms. The zero-order chi connectivity index (χ0) is 15.8. The predicted octanol–water partition coefficient (Wildman–Crippen LogP) is 3.03. The molecule has 1 aromatic carbocycles. The zero-order valence-corrected chi connectivity index (χ0v) is 13.2. The Morgan fingerprint density at radius 3 is 2.38 bits per heavy atom. The number of cyclic esters (lactones) is 2. The van der Waals surface area contributed by atoms with Gasteiger partial charge in [-0.3, -0.25) is 0 Å². The van der Waals surface area contributed by atoms with Gasteiger partial charge in [-0.25, -0.2) is 14.0 Å². The van der Waals surface area contributed by atoms with E-state index in [2.05, 4.69) is 21.2 Å². The number of esters is 2. The number of carbonyl (C=O) groups is 2. The molecule has 5 nitrogen and oxygen atoms in total. The molecule has 0 spiro atoms.